The Labute approximate surface area is 118 Å². The molecule has 0 aliphatic heterocycles. The molecule has 1 fully saturated rings. The molecule has 0 heterocycles. The van der Waals surface area contributed by atoms with Crippen LogP contribution in [0.3, 0.4) is 0 Å². The van der Waals surface area contributed by atoms with Gasteiger partial charge in [0.15, 0.2) is 0 Å². The SMILES string of the molecule is CC(C)(CNC(=O)NC(C(=O)O)C1CC1)NS(C)(=O)=O. The van der Waals surface area contributed by atoms with E-state index in [9.17, 15) is 18.0 Å². The zero-order chi connectivity index (χ0) is 15.6. The molecule has 1 unspecified atom stereocenters. The van der Waals surface area contributed by atoms with Gasteiger partial charge in [-0.2, -0.15) is 0 Å². The number of carbonyl (C=O) groups is 2. The monoisotopic (exact) mass is 307 g/mol. The van der Waals surface area contributed by atoms with E-state index in [1.165, 1.54) is 0 Å². The van der Waals surface area contributed by atoms with E-state index in [1.54, 1.807) is 13.8 Å². The second kappa shape index (κ2) is 5.96. The lowest BCUT2D eigenvalue weighted by Crippen LogP contribution is -2.54. The lowest BCUT2D eigenvalue weighted by atomic mass is 10.1. The molecular formula is C11H21N3O5S. The number of carboxylic acids is 1. The third-order valence-corrected chi connectivity index (χ3v) is 3.72. The van der Waals surface area contributed by atoms with Crippen LogP contribution in [-0.4, -0.2) is 49.9 Å². The largest absolute Gasteiger partial charge is 0.480 e. The van der Waals surface area contributed by atoms with Crippen LogP contribution in [0.2, 0.25) is 0 Å². The van der Waals surface area contributed by atoms with Crippen molar-refractivity contribution in [2.45, 2.75) is 38.3 Å². The molecule has 116 valence electrons. The van der Waals surface area contributed by atoms with Crippen LogP contribution < -0.4 is 15.4 Å². The smallest absolute Gasteiger partial charge is 0.326 e. The molecule has 8 nitrogen and oxygen atoms in total. The fourth-order valence-corrected chi connectivity index (χ4v) is 2.92. The number of nitrogens with one attached hydrogen (secondary N) is 3. The van der Waals surface area contributed by atoms with E-state index in [0.29, 0.717) is 0 Å². The standard InChI is InChI=1S/C11H21N3O5S/c1-11(2,14-20(3,18)19)6-12-10(17)13-8(9(15)16)7-4-5-7/h7-8,14H,4-6H2,1-3H3,(H,15,16)(H2,12,13,17). The van der Waals surface area contributed by atoms with Crippen LogP contribution in [0.15, 0.2) is 0 Å². The highest BCUT2D eigenvalue weighted by atomic mass is 32.2. The van der Waals surface area contributed by atoms with Crippen LogP contribution in [0, 0.1) is 5.92 Å². The molecule has 1 aliphatic carbocycles. The lowest BCUT2D eigenvalue weighted by Gasteiger charge is -2.25. The minimum absolute atomic E-state index is 0.0135. The molecule has 0 radical (unpaired) electrons. The van der Waals surface area contributed by atoms with Gasteiger partial charge in [0.25, 0.3) is 0 Å². The van der Waals surface area contributed by atoms with Crippen LogP contribution in [0.4, 0.5) is 4.79 Å². The fourth-order valence-electron chi connectivity index (χ4n) is 1.84. The van der Waals surface area contributed by atoms with E-state index in [-0.39, 0.29) is 12.5 Å². The van der Waals surface area contributed by atoms with Crippen molar-refractivity contribution in [3.8, 4) is 0 Å². The summed E-state index contributed by atoms with van der Waals surface area (Å²) in [5.74, 6) is -1.07. The minimum atomic E-state index is -3.39. The number of hydrogen-bond acceptors (Lipinski definition) is 4. The van der Waals surface area contributed by atoms with Gasteiger partial charge >= 0.3 is 12.0 Å². The maximum absolute atomic E-state index is 11.6. The Balaban J connectivity index is 2.44. The highest BCUT2D eigenvalue weighted by Gasteiger charge is 2.37. The number of aliphatic carboxylic acids is 1. The summed E-state index contributed by atoms with van der Waals surface area (Å²) in [4.78, 5) is 22.6. The van der Waals surface area contributed by atoms with Gasteiger partial charge in [0.1, 0.15) is 6.04 Å². The minimum Gasteiger partial charge on any atom is -0.480 e. The number of urea groups is 1. The second-order valence-electron chi connectivity index (χ2n) is 5.74. The molecule has 1 rings (SSSR count). The second-order valence-corrected chi connectivity index (χ2v) is 7.49. The zero-order valence-corrected chi connectivity index (χ0v) is 12.6. The van der Waals surface area contributed by atoms with Gasteiger partial charge in [0, 0.05) is 12.1 Å². The number of carbonyl (C=O) groups excluding carboxylic acids is 1. The first-order valence-corrected chi connectivity index (χ1v) is 8.15. The number of amides is 2. The Morgan fingerprint density at radius 1 is 1.35 bits per heavy atom. The van der Waals surface area contributed by atoms with E-state index >= 15 is 0 Å². The Morgan fingerprint density at radius 3 is 2.30 bits per heavy atom. The molecule has 0 aromatic heterocycles. The number of sulfonamides is 1. The Morgan fingerprint density at radius 2 is 1.90 bits per heavy atom. The highest BCUT2D eigenvalue weighted by Crippen LogP contribution is 2.32. The summed E-state index contributed by atoms with van der Waals surface area (Å²) in [6.07, 6.45) is 2.61. The summed E-state index contributed by atoms with van der Waals surface area (Å²) in [5.41, 5.74) is -0.858. The van der Waals surface area contributed by atoms with Gasteiger partial charge in [-0.25, -0.2) is 22.7 Å². The Bertz CT molecular complexity index is 484. The molecule has 1 saturated carbocycles. The van der Waals surface area contributed by atoms with Crippen LogP contribution >= 0.6 is 0 Å². The van der Waals surface area contributed by atoms with E-state index < -0.39 is 33.6 Å². The lowest BCUT2D eigenvalue weighted by molar-refractivity contribution is -0.139. The molecular weight excluding hydrogens is 286 g/mol. The maximum Gasteiger partial charge on any atom is 0.326 e. The topological polar surface area (TPSA) is 125 Å². The average Bonchev–Trinajstić information content (AvgIpc) is 3.03. The first-order chi connectivity index (χ1) is 9.00. The van der Waals surface area contributed by atoms with Gasteiger partial charge in [-0.1, -0.05) is 0 Å². The normalized spacial score (nSPS) is 17.4. The molecule has 4 N–H and O–H groups in total. The summed E-state index contributed by atoms with van der Waals surface area (Å²) < 4.78 is 24.7. The van der Waals surface area contributed by atoms with Crippen molar-refractivity contribution < 1.29 is 23.1 Å². The van der Waals surface area contributed by atoms with Gasteiger partial charge in [-0.15, -0.1) is 0 Å². The van der Waals surface area contributed by atoms with Gasteiger partial charge < -0.3 is 15.7 Å². The van der Waals surface area contributed by atoms with Crippen molar-refractivity contribution in [3.63, 3.8) is 0 Å². The zero-order valence-electron chi connectivity index (χ0n) is 11.8. The molecule has 0 bridgehead atoms. The molecule has 0 spiro atoms. The predicted molar refractivity (Wildman–Crippen MR) is 72.7 cm³/mol. The van der Waals surface area contributed by atoms with E-state index in [1.807, 2.05) is 0 Å². The molecule has 9 heteroatoms. The number of carboxylic acid groups (broad SMARTS) is 1. The molecule has 0 aromatic carbocycles. The first-order valence-electron chi connectivity index (χ1n) is 6.26. The first kappa shape index (κ1) is 16.7. The number of hydrogen-bond donors (Lipinski definition) is 4. The van der Waals surface area contributed by atoms with Gasteiger partial charge in [-0.3, -0.25) is 0 Å². The molecule has 1 aliphatic rings. The van der Waals surface area contributed by atoms with Crippen LogP contribution in [0.5, 0.6) is 0 Å². The summed E-state index contributed by atoms with van der Waals surface area (Å²) in [7, 11) is -3.39. The third-order valence-electron chi connectivity index (χ3n) is 2.80. The Kier molecular flexibility index (Phi) is 4.98. The molecule has 20 heavy (non-hydrogen) atoms. The molecule has 2 amide bonds. The maximum atomic E-state index is 11.6. The summed E-state index contributed by atoms with van der Waals surface area (Å²) >= 11 is 0. The van der Waals surface area contributed by atoms with Crippen molar-refractivity contribution >= 4 is 22.0 Å². The third kappa shape index (κ3) is 6.20. The molecule has 0 aromatic rings. The molecule has 0 saturated heterocycles. The van der Waals surface area contributed by atoms with Crippen LogP contribution in [0.25, 0.3) is 0 Å². The van der Waals surface area contributed by atoms with Crippen molar-refractivity contribution in [1.82, 2.24) is 15.4 Å². The van der Waals surface area contributed by atoms with E-state index in [0.717, 1.165) is 19.1 Å². The molecule has 1 atom stereocenters. The fraction of sp³-hybridized carbons (Fsp3) is 0.818. The van der Waals surface area contributed by atoms with Crippen molar-refractivity contribution in [2.75, 3.05) is 12.8 Å². The summed E-state index contributed by atoms with van der Waals surface area (Å²) in [6, 6.07) is -1.51. The van der Waals surface area contributed by atoms with E-state index in [2.05, 4.69) is 15.4 Å². The summed E-state index contributed by atoms with van der Waals surface area (Å²) in [6.45, 7) is 3.27. The summed E-state index contributed by atoms with van der Waals surface area (Å²) in [5, 5.41) is 13.8. The van der Waals surface area contributed by atoms with Crippen LogP contribution in [-0.2, 0) is 14.8 Å². The van der Waals surface area contributed by atoms with Crippen molar-refractivity contribution in [1.29, 1.82) is 0 Å². The van der Waals surface area contributed by atoms with Crippen molar-refractivity contribution in [3.05, 3.63) is 0 Å². The van der Waals surface area contributed by atoms with Gasteiger partial charge in [0.2, 0.25) is 10.0 Å². The van der Waals surface area contributed by atoms with Crippen LogP contribution in [0.1, 0.15) is 26.7 Å². The van der Waals surface area contributed by atoms with Crippen molar-refractivity contribution in [2.24, 2.45) is 5.92 Å². The Hall–Kier alpha value is -1.35. The quantitative estimate of drug-likeness (QED) is 0.503. The van der Waals surface area contributed by atoms with Gasteiger partial charge in [0.05, 0.1) is 6.26 Å². The van der Waals surface area contributed by atoms with Gasteiger partial charge in [-0.05, 0) is 32.6 Å². The average molecular weight is 307 g/mol. The number of rotatable bonds is 7. The highest BCUT2D eigenvalue weighted by molar-refractivity contribution is 7.88. The van der Waals surface area contributed by atoms with E-state index in [4.69, 9.17) is 5.11 Å². The predicted octanol–water partition coefficient (Wildman–Crippen LogP) is -0.523.